The number of hydrogen-bond donors (Lipinski definition) is 1. The van der Waals surface area contributed by atoms with E-state index >= 15 is 0 Å². The van der Waals surface area contributed by atoms with Gasteiger partial charge in [0.2, 0.25) is 0 Å². The number of nitrogens with zero attached hydrogens (tertiary/aromatic N) is 4. The first kappa shape index (κ1) is 12.9. The second-order valence-corrected chi connectivity index (χ2v) is 5.08. The SMILES string of the molecule is CN(C)C1CCCN(C(=O)c2c(N)cnn2C)C1. The predicted octanol–water partition coefficient (Wildman–Crippen LogP) is 0.169. The van der Waals surface area contributed by atoms with Crippen LogP contribution in [0.1, 0.15) is 23.3 Å². The smallest absolute Gasteiger partial charge is 0.274 e. The minimum absolute atomic E-state index is 0.0148. The number of amides is 1. The third kappa shape index (κ3) is 2.33. The number of rotatable bonds is 2. The van der Waals surface area contributed by atoms with Crippen molar-refractivity contribution in [2.75, 3.05) is 32.9 Å². The summed E-state index contributed by atoms with van der Waals surface area (Å²) in [5.41, 5.74) is 6.75. The molecule has 1 amide bonds. The Morgan fingerprint density at radius 2 is 2.28 bits per heavy atom. The quantitative estimate of drug-likeness (QED) is 0.813. The molecule has 18 heavy (non-hydrogen) atoms. The van der Waals surface area contributed by atoms with E-state index in [-0.39, 0.29) is 5.91 Å². The Hall–Kier alpha value is -1.56. The number of nitrogen functional groups attached to an aromatic ring is 1. The van der Waals surface area contributed by atoms with Crippen molar-refractivity contribution in [1.29, 1.82) is 0 Å². The molecule has 100 valence electrons. The van der Waals surface area contributed by atoms with E-state index < -0.39 is 0 Å². The average molecular weight is 251 g/mol. The van der Waals surface area contributed by atoms with Crippen molar-refractivity contribution in [3.05, 3.63) is 11.9 Å². The van der Waals surface area contributed by atoms with E-state index in [1.54, 1.807) is 11.7 Å². The molecule has 1 aromatic rings. The molecule has 0 radical (unpaired) electrons. The molecule has 1 aliphatic heterocycles. The van der Waals surface area contributed by atoms with Gasteiger partial charge in [-0.15, -0.1) is 0 Å². The number of nitrogens with two attached hydrogens (primary N) is 1. The Morgan fingerprint density at radius 1 is 1.56 bits per heavy atom. The molecule has 0 aromatic carbocycles. The molecule has 0 saturated carbocycles. The van der Waals surface area contributed by atoms with E-state index in [1.807, 2.05) is 4.90 Å². The van der Waals surface area contributed by atoms with Gasteiger partial charge >= 0.3 is 0 Å². The lowest BCUT2D eigenvalue weighted by atomic mass is 10.0. The molecule has 6 nitrogen and oxygen atoms in total. The fourth-order valence-corrected chi connectivity index (χ4v) is 2.43. The molecule has 0 aliphatic carbocycles. The molecule has 1 aromatic heterocycles. The number of carbonyl (C=O) groups excluding carboxylic acids is 1. The summed E-state index contributed by atoms with van der Waals surface area (Å²) in [6.07, 6.45) is 3.70. The zero-order chi connectivity index (χ0) is 13.3. The Labute approximate surface area is 107 Å². The van der Waals surface area contributed by atoms with Gasteiger partial charge < -0.3 is 15.5 Å². The summed E-state index contributed by atoms with van der Waals surface area (Å²) in [6.45, 7) is 1.56. The highest BCUT2D eigenvalue weighted by Crippen LogP contribution is 2.18. The van der Waals surface area contributed by atoms with Gasteiger partial charge in [-0.2, -0.15) is 5.10 Å². The number of aryl methyl sites for hydroxylation is 1. The summed E-state index contributed by atoms with van der Waals surface area (Å²) in [6, 6.07) is 0.428. The van der Waals surface area contributed by atoms with E-state index in [0.29, 0.717) is 17.4 Å². The maximum atomic E-state index is 12.4. The molecule has 2 heterocycles. The third-order valence-electron chi connectivity index (χ3n) is 3.58. The van der Waals surface area contributed by atoms with Gasteiger partial charge in [0.25, 0.3) is 5.91 Å². The van der Waals surface area contributed by atoms with Crippen LogP contribution in [0.4, 0.5) is 5.69 Å². The highest BCUT2D eigenvalue weighted by atomic mass is 16.2. The van der Waals surface area contributed by atoms with Crippen LogP contribution in [-0.2, 0) is 7.05 Å². The van der Waals surface area contributed by atoms with E-state index in [1.165, 1.54) is 6.20 Å². The number of hydrogen-bond acceptors (Lipinski definition) is 4. The van der Waals surface area contributed by atoms with Gasteiger partial charge in [-0.25, -0.2) is 0 Å². The topological polar surface area (TPSA) is 67.4 Å². The molecule has 1 unspecified atom stereocenters. The number of aromatic nitrogens is 2. The largest absolute Gasteiger partial charge is 0.396 e. The second-order valence-electron chi connectivity index (χ2n) is 5.08. The molecular weight excluding hydrogens is 230 g/mol. The predicted molar refractivity (Wildman–Crippen MR) is 70.2 cm³/mol. The molecule has 6 heteroatoms. The first-order valence-electron chi connectivity index (χ1n) is 6.24. The highest BCUT2D eigenvalue weighted by Gasteiger charge is 2.28. The van der Waals surface area contributed by atoms with Gasteiger partial charge in [-0.1, -0.05) is 0 Å². The molecule has 2 N–H and O–H groups in total. The molecule has 1 fully saturated rings. The summed E-state index contributed by atoms with van der Waals surface area (Å²) >= 11 is 0. The maximum absolute atomic E-state index is 12.4. The van der Waals surface area contributed by atoms with Gasteiger partial charge in [-0.05, 0) is 26.9 Å². The minimum Gasteiger partial charge on any atom is -0.396 e. The Morgan fingerprint density at radius 3 is 2.83 bits per heavy atom. The molecular formula is C12H21N5O. The van der Waals surface area contributed by atoms with Crippen molar-refractivity contribution in [2.24, 2.45) is 7.05 Å². The van der Waals surface area contributed by atoms with Crippen molar-refractivity contribution >= 4 is 11.6 Å². The van der Waals surface area contributed by atoms with Crippen LogP contribution in [0.25, 0.3) is 0 Å². The Balaban J connectivity index is 2.14. The van der Waals surface area contributed by atoms with Crippen LogP contribution in [0.3, 0.4) is 0 Å². The van der Waals surface area contributed by atoms with Gasteiger partial charge in [0.05, 0.1) is 11.9 Å². The van der Waals surface area contributed by atoms with E-state index in [2.05, 4.69) is 24.1 Å². The number of likely N-dealkylation sites (N-methyl/N-ethyl adjacent to an activating group) is 1. The number of anilines is 1. The fourth-order valence-electron chi connectivity index (χ4n) is 2.43. The van der Waals surface area contributed by atoms with Crippen LogP contribution in [0.5, 0.6) is 0 Å². The van der Waals surface area contributed by atoms with Gasteiger partial charge in [0, 0.05) is 26.2 Å². The summed E-state index contributed by atoms with van der Waals surface area (Å²) < 4.78 is 1.55. The summed E-state index contributed by atoms with van der Waals surface area (Å²) in [4.78, 5) is 16.5. The number of carbonyl (C=O) groups is 1. The fraction of sp³-hybridized carbons (Fsp3) is 0.667. The van der Waals surface area contributed by atoms with Crippen LogP contribution >= 0.6 is 0 Å². The van der Waals surface area contributed by atoms with Gasteiger partial charge in [0.15, 0.2) is 0 Å². The highest BCUT2D eigenvalue weighted by molar-refractivity contribution is 5.97. The molecule has 1 atom stereocenters. The lowest BCUT2D eigenvalue weighted by molar-refractivity contribution is 0.0625. The monoisotopic (exact) mass is 251 g/mol. The van der Waals surface area contributed by atoms with Crippen molar-refractivity contribution in [3.63, 3.8) is 0 Å². The lowest BCUT2D eigenvalue weighted by Crippen LogP contribution is -2.48. The number of likely N-dealkylation sites (tertiary alicyclic amines) is 1. The molecule has 2 rings (SSSR count). The van der Waals surface area contributed by atoms with Crippen LogP contribution in [0.15, 0.2) is 6.20 Å². The van der Waals surface area contributed by atoms with Crippen molar-refractivity contribution in [3.8, 4) is 0 Å². The lowest BCUT2D eigenvalue weighted by Gasteiger charge is -2.36. The molecule has 1 aliphatic rings. The maximum Gasteiger partial charge on any atom is 0.274 e. The van der Waals surface area contributed by atoms with Crippen LogP contribution in [0, 0.1) is 0 Å². The number of piperidine rings is 1. The van der Waals surface area contributed by atoms with Gasteiger partial charge in [-0.3, -0.25) is 9.48 Å². The molecule has 0 spiro atoms. The minimum atomic E-state index is -0.0148. The van der Waals surface area contributed by atoms with Crippen LogP contribution in [0.2, 0.25) is 0 Å². The van der Waals surface area contributed by atoms with Crippen molar-refractivity contribution < 1.29 is 4.79 Å². The second kappa shape index (κ2) is 4.97. The Kier molecular flexibility index (Phi) is 3.56. The van der Waals surface area contributed by atoms with Crippen LogP contribution in [-0.4, -0.2) is 58.7 Å². The molecule has 1 saturated heterocycles. The summed E-state index contributed by atoms with van der Waals surface area (Å²) in [5.74, 6) is -0.0148. The summed E-state index contributed by atoms with van der Waals surface area (Å²) in [7, 11) is 5.85. The van der Waals surface area contributed by atoms with E-state index in [9.17, 15) is 4.79 Å². The first-order chi connectivity index (χ1) is 8.50. The first-order valence-corrected chi connectivity index (χ1v) is 6.24. The summed E-state index contributed by atoms with van der Waals surface area (Å²) in [5, 5.41) is 4.02. The van der Waals surface area contributed by atoms with Crippen molar-refractivity contribution in [2.45, 2.75) is 18.9 Å². The average Bonchev–Trinajstić information content (AvgIpc) is 2.68. The standard InChI is InChI=1S/C12H21N5O/c1-15(2)9-5-4-6-17(8-9)12(18)11-10(13)7-14-16(11)3/h7,9H,4-6,8,13H2,1-3H3. The Bertz CT molecular complexity index is 420. The zero-order valence-corrected chi connectivity index (χ0v) is 11.3. The third-order valence-corrected chi connectivity index (χ3v) is 3.58. The van der Waals surface area contributed by atoms with E-state index in [4.69, 9.17) is 5.73 Å². The normalized spacial score (nSPS) is 20.4. The zero-order valence-electron chi connectivity index (χ0n) is 11.3. The van der Waals surface area contributed by atoms with Gasteiger partial charge in [0.1, 0.15) is 5.69 Å². The van der Waals surface area contributed by atoms with Crippen LogP contribution < -0.4 is 5.73 Å². The van der Waals surface area contributed by atoms with Crippen molar-refractivity contribution in [1.82, 2.24) is 19.6 Å². The van der Waals surface area contributed by atoms with E-state index in [0.717, 1.165) is 25.9 Å². The molecule has 0 bridgehead atoms.